The molecule has 0 saturated carbocycles. The van der Waals surface area contributed by atoms with Crippen molar-refractivity contribution in [3.63, 3.8) is 0 Å². The molecule has 0 unspecified atom stereocenters. The summed E-state index contributed by atoms with van der Waals surface area (Å²) < 4.78 is 0. The van der Waals surface area contributed by atoms with Gasteiger partial charge in [-0.3, -0.25) is 0 Å². The molecule has 82 valence electrons. The maximum absolute atomic E-state index is 4.18. The summed E-state index contributed by atoms with van der Waals surface area (Å²) in [5.41, 5.74) is 3.72. The van der Waals surface area contributed by atoms with Crippen LogP contribution in [0.2, 0.25) is 0 Å². The molecule has 4 nitrogen and oxygen atoms in total. The van der Waals surface area contributed by atoms with Crippen LogP contribution in [0.5, 0.6) is 0 Å². The average molecular weight is 214 g/mol. The molecule has 0 aliphatic rings. The van der Waals surface area contributed by atoms with Crippen LogP contribution >= 0.6 is 0 Å². The second-order valence-electron chi connectivity index (χ2n) is 3.54. The Morgan fingerprint density at radius 3 is 1.62 bits per heavy atom. The van der Waals surface area contributed by atoms with Crippen LogP contribution in [-0.4, -0.2) is 21.4 Å². The second-order valence-corrected chi connectivity index (χ2v) is 3.54. The Morgan fingerprint density at radius 1 is 0.875 bits per heavy atom. The van der Waals surface area contributed by atoms with E-state index in [0.717, 1.165) is 22.8 Å². The third kappa shape index (κ3) is 2.28. The van der Waals surface area contributed by atoms with Crippen LogP contribution in [-0.2, 0) is 0 Å². The lowest BCUT2D eigenvalue weighted by atomic mass is 10.3. The first kappa shape index (κ1) is 10.4. The monoisotopic (exact) mass is 214 g/mol. The van der Waals surface area contributed by atoms with Gasteiger partial charge in [-0.2, -0.15) is 10.2 Å². The number of hydrogen-bond donors (Lipinski definition) is 2. The molecule has 16 heavy (non-hydrogen) atoms. The lowest BCUT2D eigenvalue weighted by molar-refractivity contribution is 1.19. The van der Waals surface area contributed by atoms with Crippen LogP contribution in [0, 0.1) is 0 Å². The van der Waals surface area contributed by atoms with Gasteiger partial charge in [-0.1, -0.05) is 0 Å². The Bertz CT molecular complexity index is 441. The molecule has 0 aromatic carbocycles. The van der Waals surface area contributed by atoms with Gasteiger partial charge in [0.25, 0.3) is 0 Å². The molecular weight excluding hydrogens is 200 g/mol. The van der Waals surface area contributed by atoms with E-state index in [2.05, 4.69) is 20.2 Å². The maximum Gasteiger partial charge on any atom is 0.0833 e. The first-order valence-electron chi connectivity index (χ1n) is 5.14. The van der Waals surface area contributed by atoms with E-state index in [1.54, 1.807) is 0 Å². The minimum absolute atomic E-state index is 0.871. The lowest BCUT2D eigenvalue weighted by Crippen LogP contribution is -1.97. The molecule has 2 rings (SSSR count). The highest BCUT2D eigenvalue weighted by Crippen LogP contribution is 2.00. The summed E-state index contributed by atoms with van der Waals surface area (Å²) in [5, 5.41) is 8.35. The average Bonchev–Trinajstić information content (AvgIpc) is 2.95. The molecule has 0 amide bonds. The minimum Gasteiger partial charge on any atom is -0.360 e. The normalized spacial score (nSPS) is 13.1. The number of H-pyrrole nitrogens is 2. The first-order chi connectivity index (χ1) is 7.77. The Hall–Kier alpha value is -2.10. The molecule has 2 aromatic heterocycles. The molecule has 0 fully saturated rings. The summed E-state index contributed by atoms with van der Waals surface area (Å²) >= 11 is 0. The Morgan fingerprint density at radius 2 is 1.31 bits per heavy atom. The van der Waals surface area contributed by atoms with Crippen molar-refractivity contribution < 1.29 is 0 Å². The third-order valence-corrected chi connectivity index (χ3v) is 2.33. The van der Waals surface area contributed by atoms with Gasteiger partial charge in [0.2, 0.25) is 0 Å². The van der Waals surface area contributed by atoms with Gasteiger partial charge in [0, 0.05) is 12.4 Å². The SMILES string of the molecule is C/C(=N/N=C(/C)c1ccc[nH]1)c1ccc[nH]1. The largest absolute Gasteiger partial charge is 0.360 e. The molecule has 2 N–H and O–H groups in total. The molecule has 0 aliphatic carbocycles. The standard InChI is InChI=1S/C12H14N4/c1-9(11-5-3-7-13-11)15-16-10(2)12-6-4-8-14-12/h3-8,13-14H,1-2H3/b15-9-,16-10-. The molecule has 0 spiro atoms. The van der Waals surface area contributed by atoms with Crippen molar-refractivity contribution in [2.45, 2.75) is 13.8 Å². The Labute approximate surface area is 94.1 Å². The van der Waals surface area contributed by atoms with E-state index >= 15 is 0 Å². The zero-order valence-electron chi connectivity index (χ0n) is 9.36. The molecule has 2 heterocycles. The molecular formula is C12H14N4. The zero-order chi connectivity index (χ0) is 11.4. The lowest BCUT2D eigenvalue weighted by Gasteiger charge is -1.95. The molecule has 0 saturated heterocycles. The van der Waals surface area contributed by atoms with Crippen LogP contribution in [0.25, 0.3) is 0 Å². The van der Waals surface area contributed by atoms with E-state index < -0.39 is 0 Å². The van der Waals surface area contributed by atoms with Crippen LogP contribution in [0.15, 0.2) is 46.9 Å². The maximum atomic E-state index is 4.18. The molecule has 0 aliphatic heterocycles. The van der Waals surface area contributed by atoms with Crippen LogP contribution in [0.3, 0.4) is 0 Å². The number of nitrogens with zero attached hydrogens (tertiary/aromatic N) is 2. The van der Waals surface area contributed by atoms with Crippen molar-refractivity contribution in [1.82, 2.24) is 9.97 Å². The van der Waals surface area contributed by atoms with Crippen LogP contribution in [0.1, 0.15) is 25.2 Å². The molecule has 0 atom stereocenters. The zero-order valence-corrected chi connectivity index (χ0v) is 9.36. The smallest absolute Gasteiger partial charge is 0.0833 e. The first-order valence-corrected chi connectivity index (χ1v) is 5.14. The van der Waals surface area contributed by atoms with Gasteiger partial charge in [-0.05, 0) is 38.1 Å². The predicted octanol–water partition coefficient (Wildman–Crippen LogP) is 2.58. The Kier molecular flexibility index (Phi) is 3.00. The van der Waals surface area contributed by atoms with E-state index in [1.165, 1.54) is 0 Å². The second kappa shape index (κ2) is 4.61. The predicted molar refractivity (Wildman–Crippen MR) is 66.0 cm³/mol. The highest BCUT2D eigenvalue weighted by molar-refractivity contribution is 6.00. The van der Waals surface area contributed by atoms with Crippen molar-refractivity contribution in [2.24, 2.45) is 10.2 Å². The summed E-state index contributed by atoms with van der Waals surface area (Å²) in [7, 11) is 0. The topological polar surface area (TPSA) is 56.3 Å². The fourth-order valence-corrected chi connectivity index (χ4v) is 1.37. The van der Waals surface area contributed by atoms with Gasteiger partial charge in [-0.15, -0.1) is 0 Å². The Balaban J connectivity index is 2.17. The van der Waals surface area contributed by atoms with Crippen molar-refractivity contribution >= 4 is 11.4 Å². The summed E-state index contributed by atoms with van der Waals surface area (Å²) in [6.07, 6.45) is 3.74. The number of aromatic nitrogens is 2. The van der Waals surface area contributed by atoms with Crippen molar-refractivity contribution in [3.05, 3.63) is 48.0 Å². The summed E-state index contributed by atoms with van der Waals surface area (Å²) in [5.74, 6) is 0. The van der Waals surface area contributed by atoms with E-state index in [9.17, 15) is 0 Å². The number of hydrogen-bond acceptors (Lipinski definition) is 2. The third-order valence-electron chi connectivity index (χ3n) is 2.33. The van der Waals surface area contributed by atoms with Gasteiger partial charge >= 0.3 is 0 Å². The summed E-state index contributed by atoms with van der Waals surface area (Å²) in [6.45, 7) is 3.86. The minimum atomic E-state index is 0.871. The van der Waals surface area contributed by atoms with Gasteiger partial charge in [0.05, 0.1) is 22.8 Å². The van der Waals surface area contributed by atoms with Crippen molar-refractivity contribution in [3.8, 4) is 0 Å². The fraction of sp³-hybridized carbons (Fsp3) is 0.167. The van der Waals surface area contributed by atoms with Crippen molar-refractivity contribution in [2.75, 3.05) is 0 Å². The highest BCUT2D eigenvalue weighted by Gasteiger charge is 1.98. The van der Waals surface area contributed by atoms with E-state index in [0.29, 0.717) is 0 Å². The fourth-order valence-electron chi connectivity index (χ4n) is 1.37. The molecule has 0 radical (unpaired) electrons. The van der Waals surface area contributed by atoms with Gasteiger partial charge in [0.1, 0.15) is 0 Å². The summed E-state index contributed by atoms with van der Waals surface area (Å²) in [4.78, 5) is 6.18. The number of aromatic amines is 2. The van der Waals surface area contributed by atoms with E-state index in [-0.39, 0.29) is 0 Å². The summed E-state index contributed by atoms with van der Waals surface area (Å²) in [6, 6.07) is 7.82. The van der Waals surface area contributed by atoms with E-state index in [1.807, 2.05) is 50.5 Å². The van der Waals surface area contributed by atoms with Gasteiger partial charge in [0.15, 0.2) is 0 Å². The van der Waals surface area contributed by atoms with Crippen LogP contribution < -0.4 is 0 Å². The quantitative estimate of drug-likeness (QED) is 0.583. The molecule has 4 heteroatoms. The van der Waals surface area contributed by atoms with E-state index in [4.69, 9.17) is 0 Å². The van der Waals surface area contributed by atoms with Crippen molar-refractivity contribution in [1.29, 1.82) is 0 Å². The van der Waals surface area contributed by atoms with Crippen LogP contribution in [0.4, 0.5) is 0 Å². The molecule has 0 bridgehead atoms. The highest BCUT2D eigenvalue weighted by atomic mass is 15.2. The molecule has 2 aromatic rings. The number of nitrogens with one attached hydrogen (secondary N) is 2. The number of rotatable bonds is 3. The van der Waals surface area contributed by atoms with Gasteiger partial charge < -0.3 is 9.97 Å². The van der Waals surface area contributed by atoms with Gasteiger partial charge in [-0.25, -0.2) is 0 Å².